The van der Waals surface area contributed by atoms with Crippen LogP contribution >= 0.6 is 11.6 Å². The molecule has 0 amide bonds. The first-order valence-electron chi connectivity index (χ1n) is 6.15. The Morgan fingerprint density at radius 3 is 2.81 bits per heavy atom. The molecule has 1 aromatic carbocycles. The van der Waals surface area contributed by atoms with Crippen molar-refractivity contribution >= 4 is 17.3 Å². The summed E-state index contributed by atoms with van der Waals surface area (Å²) in [4.78, 5) is 14.3. The molecular weight excluding hydrogens is 298 g/mol. The molecule has 0 radical (unpaired) electrons. The maximum absolute atomic E-state index is 10.8. The molecule has 1 N–H and O–H groups in total. The van der Waals surface area contributed by atoms with Crippen molar-refractivity contribution in [3.63, 3.8) is 0 Å². The average Bonchev–Trinajstić information content (AvgIpc) is 2.76. The van der Waals surface area contributed by atoms with Crippen LogP contribution < -0.4 is 4.74 Å². The Kier molecular flexibility index (Phi) is 4.44. The van der Waals surface area contributed by atoms with Crippen molar-refractivity contribution in [2.75, 3.05) is 0 Å². The molecule has 2 rings (SSSR count). The molecule has 0 aliphatic carbocycles. The first-order chi connectivity index (χ1) is 9.90. The van der Waals surface area contributed by atoms with Gasteiger partial charge in [0.2, 0.25) is 0 Å². The molecule has 1 aromatic heterocycles. The van der Waals surface area contributed by atoms with E-state index in [2.05, 4.69) is 4.98 Å². The highest BCUT2D eigenvalue weighted by molar-refractivity contribution is 6.29. The number of nitro groups is 1. The molecular formula is C13H14ClN3O4. The molecule has 0 fully saturated rings. The maximum Gasteiger partial charge on any atom is 0.270 e. The summed E-state index contributed by atoms with van der Waals surface area (Å²) in [6, 6.07) is 4.09. The minimum absolute atomic E-state index is 0.0988. The minimum Gasteiger partial charge on any atom is -0.485 e. The second-order valence-corrected chi connectivity index (χ2v) is 4.89. The number of aliphatic hydroxyl groups excluding tert-OH is 1. The molecule has 0 saturated carbocycles. The van der Waals surface area contributed by atoms with E-state index >= 15 is 0 Å². The number of rotatable bonds is 5. The lowest BCUT2D eigenvalue weighted by Gasteiger charge is -2.13. The molecule has 7 nitrogen and oxygen atoms in total. The van der Waals surface area contributed by atoms with Crippen molar-refractivity contribution in [2.45, 2.75) is 19.6 Å². The second-order valence-electron chi connectivity index (χ2n) is 4.50. The number of imidazole rings is 1. The molecule has 0 aliphatic heterocycles. The lowest BCUT2D eigenvalue weighted by Crippen LogP contribution is -2.06. The van der Waals surface area contributed by atoms with E-state index in [0.717, 1.165) is 0 Å². The third-order valence-electron chi connectivity index (χ3n) is 3.04. The van der Waals surface area contributed by atoms with Gasteiger partial charge >= 0.3 is 0 Å². The molecule has 112 valence electrons. The molecule has 8 heteroatoms. The van der Waals surface area contributed by atoms with Crippen LogP contribution in [-0.2, 0) is 13.7 Å². The fourth-order valence-electron chi connectivity index (χ4n) is 1.81. The molecule has 2 aromatic rings. The largest absolute Gasteiger partial charge is 0.485 e. The Hall–Kier alpha value is -2.12. The topological polar surface area (TPSA) is 90.4 Å². The summed E-state index contributed by atoms with van der Waals surface area (Å²) in [6.07, 6.45) is 0.621. The Morgan fingerprint density at radius 2 is 2.29 bits per heavy atom. The van der Waals surface area contributed by atoms with Gasteiger partial charge in [-0.1, -0.05) is 11.6 Å². The van der Waals surface area contributed by atoms with Gasteiger partial charge in [0.1, 0.15) is 23.3 Å². The monoisotopic (exact) mass is 311 g/mol. The number of benzene rings is 1. The van der Waals surface area contributed by atoms with E-state index in [1.165, 1.54) is 31.3 Å². The lowest BCUT2D eigenvalue weighted by molar-refractivity contribution is -0.385. The van der Waals surface area contributed by atoms with Crippen LogP contribution in [0.5, 0.6) is 5.75 Å². The number of ether oxygens (including phenoxy) is 1. The van der Waals surface area contributed by atoms with E-state index in [1.807, 2.05) is 0 Å². The number of non-ortho nitro benzene ring substituents is 1. The second kappa shape index (κ2) is 6.11. The Bertz CT molecular complexity index is 669. The Balaban J connectivity index is 2.23. The van der Waals surface area contributed by atoms with E-state index in [9.17, 15) is 15.2 Å². The van der Waals surface area contributed by atoms with Gasteiger partial charge in [0, 0.05) is 24.7 Å². The highest BCUT2D eigenvalue weighted by Gasteiger charge is 2.16. The van der Waals surface area contributed by atoms with Crippen LogP contribution in [0.25, 0.3) is 0 Å². The van der Waals surface area contributed by atoms with Crippen molar-refractivity contribution in [2.24, 2.45) is 7.05 Å². The van der Waals surface area contributed by atoms with Crippen molar-refractivity contribution in [1.82, 2.24) is 9.55 Å². The normalized spacial score (nSPS) is 12.2. The van der Waals surface area contributed by atoms with E-state index in [-0.39, 0.29) is 12.3 Å². The van der Waals surface area contributed by atoms with Crippen LogP contribution in [0.15, 0.2) is 24.4 Å². The molecule has 0 aliphatic rings. The van der Waals surface area contributed by atoms with Gasteiger partial charge in [0.05, 0.1) is 17.2 Å². The quantitative estimate of drug-likeness (QED) is 0.677. The fourth-order valence-corrected chi connectivity index (χ4v) is 1.95. The van der Waals surface area contributed by atoms with Crippen LogP contribution in [0, 0.1) is 10.1 Å². The van der Waals surface area contributed by atoms with Gasteiger partial charge in [-0.05, 0) is 13.0 Å². The molecule has 0 saturated heterocycles. The Labute approximate surface area is 125 Å². The van der Waals surface area contributed by atoms with Gasteiger partial charge in [-0.3, -0.25) is 10.1 Å². The van der Waals surface area contributed by atoms with Crippen LogP contribution in [0.2, 0.25) is 5.15 Å². The summed E-state index contributed by atoms with van der Waals surface area (Å²) in [7, 11) is 1.75. The Morgan fingerprint density at radius 1 is 1.57 bits per heavy atom. The number of nitrogens with zero attached hydrogens (tertiary/aromatic N) is 3. The third kappa shape index (κ3) is 3.32. The highest BCUT2D eigenvalue weighted by atomic mass is 35.5. The zero-order valence-corrected chi connectivity index (χ0v) is 12.2. The molecule has 1 heterocycles. The zero-order valence-electron chi connectivity index (χ0n) is 11.5. The van der Waals surface area contributed by atoms with Gasteiger partial charge < -0.3 is 14.4 Å². The number of halogens is 1. The smallest absolute Gasteiger partial charge is 0.270 e. The van der Waals surface area contributed by atoms with Crippen LogP contribution in [-0.4, -0.2) is 19.6 Å². The van der Waals surface area contributed by atoms with Crippen LogP contribution in [0.1, 0.15) is 24.4 Å². The van der Waals surface area contributed by atoms with Gasteiger partial charge in [0.25, 0.3) is 5.69 Å². The summed E-state index contributed by atoms with van der Waals surface area (Å²) in [5.41, 5.74) is 0.253. The summed E-state index contributed by atoms with van der Waals surface area (Å²) >= 11 is 5.88. The van der Waals surface area contributed by atoms with Gasteiger partial charge in [-0.25, -0.2) is 4.98 Å². The van der Waals surface area contributed by atoms with Crippen LogP contribution in [0.4, 0.5) is 5.69 Å². The molecule has 0 spiro atoms. The number of aliphatic hydroxyl groups is 1. The third-order valence-corrected chi connectivity index (χ3v) is 3.39. The predicted octanol–water partition coefficient (Wildman–Crippen LogP) is 2.61. The average molecular weight is 312 g/mol. The van der Waals surface area contributed by atoms with E-state index in [4.69, 9.17) is 16.3 Å². The zero-order chi connectivity index (χ0) is 15.6. The first kappa shape index (κ1) is 15.3. The summed E-state index contributed by atoms with van der Waals surface area (Å²) < 4.78 is 7.25. The molecule has 21 heavy (non-hydrogen) atoms. The fraction of sp³-hybridized carbons (Fsp3) is 0.308. The van der Waals surface area contributed by atoms with Crippen LogP contribution in [0.3, 0.4) is 0 Å². The highest BCUT2D eigenvalue weighted by Crippen LogP contribution is 2.29. The van der Waals surface area contributed by atoms with E-state index in [1.54, 1.807) is 11.6 Å². The van der Waals surface area contributed by atoms with Gasteiger partial charge in [0.15, 0.2) is 0 Å². The van der Waals surface area contributed by atoms with Crippen molar-refractivity contribution in [3.8, 4) is 5.75 Å². The van der Waals surface area contributed by atoms with Gasteiger partial charge in [-0.2, -0.15) is 0 Å². The summed E-state index contributed by atoms with van der Waals surface area (Å²) in [5.74, 6) is 0.976. The predicted molar refractivity (Wildman–Crippen MR) is 76.3 cm³/mol. The number of hydrogen-bond acceptors (Lipinski definition) is 5. The summed E-state index contributed by atoms with van der Waals surface area (Å²) in [6.45, 7) is 1.66. The molecule has 1 unspecified atom stereocenters. The lowest BCUT2D eigenvalue weighted by atomic mass is 10.1. The standard InChI is InChI=1S/C13H14ClN3O4/c1-8(18)10-5-9(17(19)20)3-4-11(10)21-7-13-15-6-12(14)16(13)2/h3-6,8,18H,7H2,1-2H3. The minimum atomic E-state index is -0.884. The van der Waals surface area contributed by atoms with E-state index < -0.39 is 11.0 Å². The number of nitro benzene ring substituents is 1. The SMILES string of the molecule is CC(O)c1cc([N+](=O)[O-])ccc1OCc1ncc(Cl)n1C. The van der Waals surface area contributed by atoms with Crippen molar-refractivity contribution in [1.29, 1.82) is 0 Å². The van der Waals surface area contributed by atoms with Crippen molar-refractivity contribution < 1.29 is 14.8 Å². The van der Waals surface area contributed by atoms with Crippen molar-refractivity contribution in [3.05, 3.63) is 51.1 Å². The number of aromatic nitrogens is 2. The molecule has 1 atom stereocenters. The van der Waals surface area contributed by atoms with Gasteiger partial charge in [-0.15, -0.1) is 0 Å². The number of hydrogen-bond donors (Lipinski definition) is 1. The molecule has 0 bridgehead atoms. The first-order valence-corrected chi connectivity index (χ1v) is 6.53. The van der Waals surface area contributed by atoms with E-state index in [0.29, 0.717) is 22.3 Å². The summed E-state index contributed by atoms with van der Waals surface area (Å²) in [5, 5.41) is 21.0. The maximum atomic E-state index is 10.8.